The third kappa shape index (κ3) is 3.95. The third-order valence-electron chi connectivity index (χ3n) is 4.18. The minimum Gasteiger partial charge on any atom is -0.355 e. The van der Waals surface area contributed by atoms with Gasteiger partial charge in [-0.3, -0.25) is 4.79 Å². The summed E-state index contributed by atoms with van der Waals surface area (Å²) in [6.45, 7) is 0.832. The zero-order chi connectivity index (χ0) is 15.6. The first-order valence-corrected chi connectivity index (χ1v) is 10.0. The molecule has 2 aromatic heterocycles. The van der Waals surface area contributed by atoms with Crippen LogP contribution >= 0.6 is 23.1 Å². The molecule has 0 spiro atoms. The van der Waals surface area contributed by atoms with E-state index in [0.717, 1.165) is 29.9 Å². The fourth-order valence-electron chi connectivity index (χ4n) is 2.56. The topological polar surface area (TPSA) is 59.8 Å². The van der Waals surface area contributed by atoms with Gasteiger partial charge >= 0.3 is 0 Å². The van der Waals surface area contributed by atoms with Gasteiger partial charge in [-0.15, -0.1) is 21.5 Å². The van der Waals surface area contributed by atoms with Crippen LogP contribution in [-0.2, 0) is 11.2 Å². The number of carbonyl (C=O) groups excluding carboxylic acids is 1. The van der Waals surface area contributed by atoms with Gasteiger partial charge in [0, 0.05) is 23.9 Å². The molecule has 0 saturated heterocycles. The second kappa shape index (κ2) is 6.65. The van der Waals surface area contributed by atoms with Crippen LogP contribution in [-0.4, -0.2) is 33.0 Å². The molecule has 7 heteroatoms. The lowest BCUT2D eigenvalue weighted by molar-refractivity contribution is -0.118. The first-order chi connectivity index (χ1) is 11.3. The Hall–Kier alpha value is -1.34. The first kappa shape index (κ1) is 15.2. The summed E-state index contributed by atoms with van der Waals surface area (Å²) >= 11 is 3.26. The molecule has 2 aliphatic rings. The van der Waals surface area contributed by atoms with E-state index in [1.54, 1.807) is 11.3 Å². The van der Waals surface area contributed by atoms with E-state index in [1.165, 1.54) is 42.3 Å². The van der Waals surface area contributed by atoms with Crippen LogP contribution in [0.15, 0.2) is 22.7 Å². The van der Waals surface area contributed by atoms with Crippen LogP contribution in [0.5, 0.6) is 0 Å². The molecule has 1 amide bonds. The Morgan fingerprint density at radius 1 is 1.35 bits per heavy atom. The van der Waals surface area contributed by atoms with Crippen LogP contribution in [0.2, 0.25) is 0 Å². The highest BCUT2D eigenvalue weighted by molar-refractivity contribution is 7.99. The van der Waals surface area contributed by atoms with Crippen molar-refractivity contribution in [1.29, 1.82) is 0 Å². The molecule has 2 saturated carbocycles. The molecule has 0 aliphatic heterocycles. The van der Waals surface area contributed by atoms with Gasteiger partial charge in [-0.2, -0.15) is 0 Å². The van der Waals surface area contributed by atoms with E-state index in [2.05, 4.69) is 37.6 Å². The van der Waals surface area contributed by atoms with E-state index in [4.69, 9.17) is 0 Å². The van der Waals surface area contributed by atoms with Crippen LogP contribution in [0.3, 0.4) is 0 Å². The van der Waals surface area contributed by atoms with Gasteiger partial charge < -0.3 is 9.88 Å². The molecule has 2 heterocycles. The zero-order valence-corrected chi connectivity index (χ0v) is 14.5. The SMILES string of the molecule is O=C(CSc1nnc(Cc2cccs2)n1C1CC1)NCC1CC1. The van der Waals surface area contributed by atoms with E-state index in [-0.39, 0.29) is 5.91 Å². The second-order valence-corrected chi connectivity index (χ2v) is 8.27. The van der Waals surface area contributed by atoms with E-state index in [1.807, 2.05) is 0 Å². The van der Waals surface area contributed by atoms with Crippen molar-refractivity contribution in [3.05, 3.63) is 28.2 Å². The van der Waals surface area contributed by atoms with Crippen LogP contribution in [0.25, 0.3) is 0 Å². The average Bonchev–Trinajstić information content (AvgIpc) is 3.48. The number of nitrogens with zero attached hydrogens (tertiary/aromatic N) is 3. The lowest BCUT2D eigenvalue weighted by atomic mass is 10.3. The number of rotatable bonds is 8. The molecule has 0 unspecified atom stereocenters. The summed E-state index contributed by atoms with van der Waals surface area (Å²) in [5, 5.41) is 14.7. The number of carbonyl (C=O) groups is 1. The van der Waals surface area contributed by atoms with Gasteiger partial charge in [-0.05, 0) is 43.0 Å². The highest BCUT2D eigenvalue weighted by atomic mass is 32.2. The van der Waals surface area contributed by atoms with Crippen molar-refractivity contribution in [2.24, 2.45) is 5.92 Å². The van der Waals surface area contributed by atoms with Gasteiger partial charge in [0.1, 0.15) is 5.82 Å². The molecule has 2 aromatic rings. The van der Waals surface area contributed by atoms with E-state index < -0.39 is 0 Å². The molecule has 2 aliphatic carbocycles. The molecule has 4 rings (SSSR count). The predicted octanol–water partition coefficient (Wildman–Crippen LogP) is 2.88. The van der Waals surface area contributed by atoms with Crippen molar-refractivity contribution in [3.8, 4) is 0 Å². The number of nitrogens with one attached hydrogen (secondary N) is 1. The van der Waals surface area contributed by atoms with Gasteiger partial charge in [-0.25, -0.2) is 0 Å². The average molecular weight is 348 g/mol. The Bertz CT molecular complexity index is 674. The fourth-order valence-corrected chi connectivity index (χ4v) is 4.11. The molecule has 0 aromatic carbocycles. The summed E-state index contributed by atoms with van der Waals surface area (Å²) < 4.78 is 2.25. The standard InChI is InChI=1S/C16H20N4OS2/c21-15(17-9-11-3-4-11)10-23-16-19-18-14(20(16)12-5-6-12)8-13-2-1-7-22-13/h1-2,7,11-12H,3-6,8-10H2,(H,17,21). The maximum Gasteiger partial charge on any atom is 0.230 e. The van der Waals surface area contributed by atoms with Gasteiger partial charge in [0.15, 0.2) is 5.16 Å². The summed E-state index contributed by atoms with van der Waals surface area (Å²) in [7, 11) is 0. The van der Waals surface area contributed by atoms with E-state index >= 15 is 0 Å². The smallest absolute Gasteiger partial charge is 0.230 e. The van der Waals surface area contributed by atoms with Crippen LogP contribution < -0.4 is 5.32 Å². The number of aromatic nitrogens is 3. The van der Waals surface area contributed by atoms with Gasteiger partial charge in [0.2, 0.25) is 5.91 Å². The monoisotopic (exact) mass is 348 g/mol. The van der Waals surface area contributed by atoms with Crippen molar-refractivity contribution in [3.63, 3.8) is 0 Å². The highest BCUT2D eigenvalue weighted by Crippen LogP contribution is 2.39. The number of hydrogen-bond donors (Lipinski definition) is 1. The number of thioether (sulfide) groups is 1. The van der Waals surface area contributed by atoms with Gasteiger partial charge in [0.05, 0.1) is 5.75 Å². The highest BCUT2D eigenvalue weighted by Gasteiger charge is 2.30. The first-order valence-electron chi connectivity index (χ1n) is 8.15. The maximum absolute atomic E-state index is 11.9. The van der Waals surface area contributed by atoms with Crippen LogP contribution in [0.1, 0.15) is 42.4 Å². The summed E-state index contributed by atoms with van der Waals surface area (Å²) in [5.74, 6) is 2.27. The van der Waals surface area contributed by atoms with Crippen molar-refractivity contribution in [2.45, 2.75) is 43.3 Å². The van der Waals surface area contributed by atoms with Crippen molar-refractivity contribution in [2.75, 3.05) is 12.3 Å². The molecule has 0 atom stereocenters. The van der Waals surface area contributed by atoms with Crippen LogP contribution in [0, 0.1) is 5.92 Å². The minimum absolute atomic E-state index is 0.104. The molecular weight excluding hydrogens is 328 g/mol. The number of hydrogen-bond acceptors (Lipinski definition) is 5. The summed E-state index contributed by atoms with van der Waals surface area (Å²) in [6, 6.07) is 4.73. The lowest BCUT2D eigenvalue weighted by Gasteiger charge is -2.08. The van der Waals surface area contributed by atoms with Crippen molar-refractivity contribution >= 4 is 29.0 Å². The van der Waals surface area contributed by atoms with E-state index in [0.29, 0.717) is 11.8 Å². The summed E-state index contributed by atoms with van der Waals surface area (Å²) in [6.07, 6.45) is 5.73. The van der Waals surface area contributed by atoms with Crippen LogP contribution in [0.4, 0.5) is 0 Å². The van der Waals surface area contributed by atoms with Crippen molar-refractivity contribution in [1.82, 2.24) is 20.1 Å². The third-order valence-corrected chi connectivity index (χ3v) is 6.00. The molecule has 23 heavy (non-hydrogen) atoms. The second-order valence-electron chi connectivity index (χ2n) is 6.29. The van der Waals surface area contributed by atoms with Crippen molar-refractivity contribution < 1.29 is 4.79 Å². The molecule has 1 N–H and O–H groups in total. The summed E-state index contributed by atoms with van der Waals surface area (Å²) in [4.78, 5) is 13.2. The Morgan fingerprint density at radius 3 is 2.91 bits per heavy atom. The number of thiophene rings is 1. The largest absolute Gasteiger partial charge is 0.355 e. The Kier molecular flexibility index (Phi) is 4.39. The Balaban J connectivity index is 1.39. The maximum atomic E-state index is 11.9. The molecule has 0 radical (unpaired) electrons. The Labute approximate surface area is 143 Å². The fraction of sp³-hybridized carbons (Fsp3) is 0.562. The number of amides is 1. The molecular formula is C16H20N4OS2. The molecule has 0 bridgehead atoms. The predicted molar refractivity (Wildman–Crippen MR) is 91.9 cm³/mol. The zero-order valence-electron chi connectivity index (χ0n) is 12.9. The summed E-state index contributed by atoms with van der Waals surface area (Å²) in [5.41, 5.74) is 0. The lowest BCUT2D eigenvalue weighted by Crippen LogP contribution is -2.27. The normalized spacial score (nSPS) is 17.4. The molecule has 122 valence electrons. The molecule has 2 fully saturated rings. The minimum atomic E-state index is 0.104. The quantitative estimate of drug-likeness (QED) is 0.745. The van der Waals surface area contributed by atoms with Gasteiger partial charge in [-0.1, -0.05) is 17.8 Å². The Morgan fingerprint density at radius 2 is 2.22 bits per heavy atom. The van der Waals surface area contributed by atoms with E-state index in [9.17, 15) is 4.79 Å². The van der Waals surface area contributed by atoms with Gasteiger partial charge in [0.25, 0.3) is 0 Å². The molecule has 5 nitrogen and oxygen atoms in total.